The molecule has 1 saturated carbocycles. The molecule has 3 amide bonds. The lowest BCUT2D eigenvalue weighted by molar-refractivity contribution is -0.132. The highest BCUT2D eigenvalue weighted by atomic mass is 16.2. The Labute approximate surface area is 153 Å². The maximum atomic E-state index is 12.9. The first kappa shape index (κ1) is 18.4. The fourth-order valence-electron chi connectivity index (χ4n) is 3.64. The van der Waals surface area contributed by atoms with Crippen LogP contribution in [0.4, 0.5) is 4.79 Å². The van der Waals surface area contributed by atoms with Gasteiger partial charge in [-0.15, -0.1) is 0 Å². The molecule has 1 aliphatic carbocycles. The first-order chi connectivity index (χ1) is 12.3. The number of amides is 3. The summed E-state index contributed by atoms with van der Waals surface area (Å²) >= 11 is 0. The number of nitrogens with zero attached hydrogens (tertiary/aromatic N) is 3. The third kappa shape index (κ3) is 3.43. The molecule has 2 fully saturated rings. The lowest BCUT2D eigenvalue weighted by Gasteiger charge is -2.33. The third-order valence-electron chi connectivity index (χ3n) is 5.16. The van der Waals surface area contributed by atoms with Crippen molar-refractivity contribution in [1.29, 1.82) is 0 Å². The lowest BCUT2D eigenvalue weighted by Crippen LogP contribution is -2.49. The maximum absolute atomic E-state index is 12.9. The number of hydrogen-bond donors (Lipinski definition) is 1. The second kappa shape index (κ2) is 7.05. The fraction of sp³-hybridized carbons (Fsp3) is 0.579. The minimum atomic E-state index is -0.823. The van der Waals surface area contributed by atoms with Crippen molar-refractivity contribution in [3.8, 4) is 0 Å². The average molecular weight is 358 g/mol. The van der Waals surface area contributed by atoms with E-state index in [9.17, 15) is 14.4 Å². The first-order valence-corrected chi connectivity index (χ1v) is 9.21. The van der Waals surface area contributed by atoms with E-state index in [4.69, 9.17) is 0 Å². The zero-order valence-corrected chi connectivity index (χ0v) is 15.6. The van der Waals surface area contributed by atoms with E-state index in [2.05, 4.69) is 17.2 Å². The zero-order chi connectivity index (χ0) is 18.9. The summed E-state index contributed by atoms with van der Waals surface area (Å²) in [6.07, 6.45) is 4.68. The summed E-state index contributed by atoms with van der Waals surface area (Å²) in [6, 6.07) is 4.83. The van der Waals surface area contributed by atoms with E-state index in [0.717, 1.165) is 17.7 Å². The SMILES string of the molecule is CC1CCC2(CC1)NC(=O)N(CC(=O)n1ccccc1=NC(C)C)C2=O. The van der Waals surface area contributed by atoms with Crippen molar-refractivity contribution in [3.63, 3.8) is 0 Å². The van der Waals surface area contributed by atoms with Crippen molar-refractivity contribution in [1.82, 2.24) is 14.8 Å². The number of nitrogens with one attached hydrogen (secondary N) is 1. The van der Waals surface area contributed by atoms with Crippen molar-refractivity contribution in [2.75, 3.05) is 6.54 Å². The molecule has 26 heavy (non-hydrogen) atoms. The molecular formula is C19H26N4O3. The number of carbonyl (C=O) groups excluding carboxylic acids is 3. The Bertz CT molecular complexity index is 788. The Balaban J connectivity index is 1.81. The summed E-state index contributed by atoms with van der Waals surface area (Å²) in [6.45, 7) is 5.72. The van der Waals surface area contributed by atoms with Crippen molar-refractivity contribution < 1.29 is 14.4 Å². The van der Waals surface area contributed by atoms with Crippen LogP contribution in [-0.2, 0) is 4.79 Å². The van der Waals surface area contributed by atoms with Crippen LogP contribution in [-0.4, -0.2) is 45.4 Å². The molecule has 0 radical (unpaired) electrons. The smallest absolute Gasteiger partial charge is 0.323 e. The molecule has 140 valence electrons. The topological polar surface area (TPSA) is 83.8 Å². The molecule has 0 aromatic carbocycles. The summed E-state index contributed by atoms with van der Waals surface area (Å²) in [5.41, 5.74) is -0.308. The van der Waals surface area contributed by atoms with Crippen molar-refractivity contribution in [3.05, 3.63) is 29.9 Å². The van der Waals surface area contributed by atoms with Gasteiger partial charge in [-0.2, -0.15) is 0 Å². The monoisotopic (exact) mass is 358 g/mol. The maximum Gasteiger partial charge on any atom is 0.325 e. The molecule has 0 unspecified atom stereocenters. The van der Waals surface area contributed by atoms with Crippen molar-refractivity contribution in [2.24, 2.45) is 10.9 Å². The highest BCUT2D eigenvalue weighted by Gasteiger charge is 2.52. The van der Waals surface area contributed by atoms with Crippen LogP contribution in [0.3, 0.4) is 0 Å². The number of aromatic nitrogens is 1. The second-order valence-corrected chi connectivity index (χ2v) is 7.63. The molecule has 1 aliphatic heterocycles. The molecule has 1 spiro atoms. The largest absolute Gasteiger partial charge is 0.325 e. The molecular weight excluding hydrogens is 332 g/mol. The third-order valence-corrected chi connectivity index (χ3v) is 5.16. The second-order valence-electron chi connectivity index (χ2n) is 7.63. The van der Waals surface area contributed by atoms with Crippen LogP contribution in [0, 0.1) is 5.92 Å². The summed E-state index contributed by atoms with van der Waals surface area (Å²) in [5.74, 6) is -0.0718. The highest BCUT2D eigenvalue weighted by molar-refractivity contribution is 6.09. The number of hydrogen-bond acceptors (Lipinski definition) is 4. The van der Waals surface area contributed by atoms with Gasteiger partial charge in [-0.3, -0.25) is 24.0 Å². The first-order valence-electron chi connectivity index (χ1n) is 9.21. The van der Waals surface area contributed by atoms with E-state index in [1.165, 1.54) is 4.57 Å². The molecule has 2 aliphatic rings. The van der Waals surface area contributed by atoms with Crippen molar-refractivity contribution in [2.45, 2.75) is 58.0 Å². The standard InChI is InChI=1S/C19H26N4O3/c1-13(2)20-15-6-4-5-11-22(15)16(24)12-23-17(25)19(21-18(23)26)9-7-14(3)8-10-19/h4-6,11,13-14H,7-10,12H2,1-3H3,(H,21,26). The van der Waals surface area contributed by atoms with Gasteiger partial charge in [0.1, 0.15) is 17.6 Å². The minimum absolute atomic E-state index is 0.0284. The Kier molecular flexibility index (Phi) is 4.98. The molecule has 1 saturated heterocycles. The van der Waals surface area contributed by atoms with Crippen LogP contribution in [0.15, 0.2) is 29.4 Å². The molecule has 0 atom stereocenters. The van der Waals surface area contributed by atoms with Crippen molar-refractivity contribution >= 4 is 17.8 Å². The molecule has 2 heterocycles. The van der Waals surface area contributed by atoms with E-state index in [0.29, 0.717) is 24.2 Å². The number of pyridine rings is 1. The van der Waals surface area contributed by atoms with E-state index in [1.807, 2.05) is 13.8 Å². The number of rotatable bonds is 3. The van der Waals surface area contributed by atoms with Gasteiger partial charge in [0.2, 0.25) is 0 Å². The van der Waals surface area contributed by atoms with Crippen LogP contribution < -0.4 is 10.8 Å². The minimum Gasteiger partial charge on any atom is -0.323 e. The molecule has 7 nitrogen and oxygen atoms in total. The predicted octanol–water partition coefficient (Wildman–Crippen LogP) is 1.94. The number of imide groups is 1. The van der Waals surface area contributed by atoms with Gasteiger partial charge < -0.3 is 5.32 Å². The normalized spacial score (nSPS) is 26.7. The lowest BCUT2D eigenvalue weighted by atomic mass is 9.77. The van der Waals surface area contributed by atoms with E-state index < -0.39 is 11.6 Å². The molecule has 1 aromatic rings. The Morgan fingerprint density at radius 2 is 2.00 bits per heavy atom. The Morgan fingerprint density at radius 1 is 1.31 bits per heavy atom. The molecule has 1 N–H and O–H groups in total. The molecule has 1 aromatic heterocycles. The fourth-order valence-corrected chi connectivity index (χ4v) is 3.64. The van der Waals surface area contributed by atoms with Crippen LogP contribution in [0.2, 0.25) is 0 Å². The Hall–Kier alpha value is -2.44. The van der Waals surface area contributed by atoms with E-state index >= 15 is 0 Å². The Morgan fingerprint density at radius 3 is 2.65 bits per heavy atom. The molecule has 3 rings (SSSR count). The van der Waals surface area contributed by atoms with Gasteiger partial charge >= 0.3 is 6.03 Å². The van der Waals surface area contributed by atoms with Crippen LogP contribution in [0.25, 0.3) is 0 Å². The van der Waals surface area contributed by atoms with Gasteiger partial charge in [-0.1, -0.05) is 13.0 Å². The quantitative estimate of drug-likeness (QED) is 0.838. The number of urea groups is 1. The summed E-state index contributed by atoms with van der Waals surface area (Å²) < 4.78 is 1.40. The van der Waals surface area contributed by atoms with Crippen LogP contribution in [0.5, 0.6) is 0 Å². The number of carbonyl (C=O) groups is 3. The molecule has 0 bridgehead atoms. The summed E-state index contributed by atoms with van der Waals surface area (Å²) in [4.78, 5) is 43.5. The van der Waals surface area contributed by atoms with Gasteiger partial charge in [0.15, 0.2) is 0 Å². The average Bonchev–Trinajstić information content (AvgIpc) is 2.82. The van der Waals surface area contributed by atoms with Gasteiger partial charge in [0, 0.05) is 12.2 Å². The molecule has 7 heteroatoms. The van der Waals surface area contributed by atoms with E-state index in [-0.39, 0.29) is 24.4 Å². The van der Waals surface area contributed by atoms with Gasteiger partial charge in [0.05, 0.1) is 0 Å². The highest BCUT2D eigenvalue weighted by Crippen LogP contribution is 2.36. The predicted molar refractivity (Wildman–Crippen MR) is 96.4 cm³/mol. The van der Waals surface area contributed by atoms with Crippen LogP contribution >= 0.6 is 0 Å². The summed E-state index contributed by atoms with van der Waals surface area (Å²) in [5, 5.41) is 2.85. The van der Waals surface area contributed by atoms with E-state index in [1.54, 1.807) is 24.4 Å². The van der Waals surface area contributed by atoms with Gasteiger partial charge in [-0.25, -0.2) is 4.79 Å². The van der Waals surface area contributed by atoms with Crippen LogP contribution in [0.1, 0.15) is 51.2 Å². The summed E-state index contributed by atoms with van der Waals surface area (Å²) in [7, 11) is 0. The van der Waals surface area contributed by atoms with Gasteiger partial charge in [0.25, 0.3) is 11.8 Å². The van der Waals surface area contributed by atoms with Gasteiger partial charge in [-0.05, 0) is 57.6 Å². The zero-order valence-electron chi connectivity index (χ0n) is 15.6.